The summed E-state index contributed by atoms with van der Waals surface area (Å²) in [4.78, 5) is 12.5. The lowest BCUT2D eigenvalue weighted by atomic mass is 9.69. The van der Waals surface area contributed by atoms with Gasteiger partial charge in [0, 0.05) is 18.2 Å². The molecule has 2 aliphatic carbocycles. The maximum atomic E-state index is 14.1. The number of hydrogen-bond acceptors (Lipinski definition) is 3. The Morgan fingerprint density at radius 1 is 0.969 bits per heavy atom. The van der Waals surface area contributed by atoms with Gasteiger partial charge in [0.1, 0.15) is 5.75 Å². The Balaban J connectivity index is 1.49. The van der Waals surface area contributed by atoms with Crippen LogP contribution in [0.3, 0.4) is 0 Å². The summed E-state index contributed by atoms with van der Waals surface area (Å²) < 4.78 is 62.1. The summed E-state index contributed by atoms with van der Waals surface area (Å²) in [6, 6.07) is 1.64. The molecule has 0 radical (unpaired) electrons. The number of benzene rings is 1. The lowest BCUT2D eigenvalue weighted by molar-refractivity contribution is -0.140. The number of rotatable bonds is 7. The van der Waals surface area contributed by atoms with Gasteiger partial charge in [-0.25, -0.2) is 17.6 Å². The van der Waals surface area contributed by atoms with E-state index >= 15 is 0 Å². The molecule has 0 spiro atoms. The third-order valence-corrected chi connectivity index (χ3v) is 6.65. The van der Waals surface area contributed by atoms with Crippen molar-refractivity contribution in [2.24, 2.45) is 23.7 Å². The van der Waals surface area contributed by atoms with Gasteiger partial charge in [-0.05, 0) is 76.0 Å². The zero-order chi connectivity index (χ0) is 23.1. The van der Waals surface area contributed by atoms with Gasteiger partial charge in [0.2, 0.25) is 0 Å². The van der Waals surface area contributed by atoms with Crippen LogP contribution in [0.25, 0.3) is 0 Å². The maximum absolute atomic E-state index is 14.1. The van der Waals surface area contributed by atoms with E-state index in [-0.39, 0.29) is 11.7 Å². The van der Waals surface area contributed by atoms with Crippen LogP contribution >= 0.6 is 0 Å². The number of allylic oxidation sites excluding steroid dienone is 3. The van der Waals surface area contributed by atoms with E-state index in [1.165, 1.54) is 25.7 Å². The molecule has 7 heteroatoms. The van der Waals surface area contributed by atoms with Crippen LogP contribution in [0.2, 0.25) is 0 Å². The number of hydrogen-bond donors (Lipinski definition) is 0. The first-order valence-corrected chi connectivity index (χ1v) is 11.3. The summed E-state index contributed by atoms with van der Waals surface area (Å²) >= 11 is 0. The van der Waals surface area contributed by atoms with Gasteiger partial charge < -0.3 is 9.47 Å². The highest BCUT2D eigenvalue weighted by Gasteiger charge is 2.33. The molecule has 176 valence electrons. The molecule has 0 aliphatic heterocycles. The van der Waals surface area contributed by atoms with E-state index in [1.54, 1.807) is 0 Å². The van der Waals surface area contributed by atoms with Gasteiger partial charge >= 0.3 is 5.97 Å². The lowest BCUT2D eigenvalue weighted by Crippen LogP contribution is -2.30. The van der Waals surface area contributed by atoms with Crippen LogP contribution in [0, 0.1) is 35.3 Å². The van der Waals surface area contributed by atoms with Crippen LogP contribution in [0.4, 0.5) is 17.6 Å². The fraction of sp³-hybridized carbons (Fsp3) is 0.560. The molecule has 2 saturated carbocycles. The summed E-state index contributed by atoms with van der Waals surface area (Å²) in [6.07, 6.45) is 10.8. The van der Waals surface area contributed by atoms with E-state index in [1.807, 2.05) is 0 Å². The predicted octanol–water partition coefficient (Wildman–Crippen LogP) is 7.22. The summed E-state index contributed by atoms with van der Waals surface area (Å²) in [7, 11) is 0. The average molecular weight is 455 g/mol. The number of carbonyl (C=O) groups is 1. The van der Waals surface area contributed by atoms with Crippen molar-refractivity contribution < 1.29 is 31.8 Å². The standard InChI is InChI=1S/C25H30F4O3/c1-2-3-16-4-6-17(7-5-16)18-8-10-19(11-9-18)25(30)32-20-14-21(26)24(22(27)15-20)31-13-12-23(28)29/h2-3,12-19,23H,4-11H2,1H3/b3-2+,13-12+. The van der Waals surface area contributed by atoms with Crippen molar-refractivity contribution in [3.05, 3.63) is 48.3 Å². The minimum atomic E-state index is -2.80. The second-order valence-corrected chi connectivity index (χ2v) is 8.73. The molecule has 0 amide bonds. The van der Waals surface area contributed by atoms with Crippen LogP contribution in [0.15, 0.2) is 36.6 Å². The Morgan fingerprint density at radius 2 is 1.53 bits per heavy atom. The number of carbonyl (C=O) groups excluding carboxylic acids is 1. The minimum Gasteiger partial charge on any atom is -0.459 e. The van der Waals surface area contributed by atoms with Gasteiger partial charge in [-0.3, -0.25) is 4.79 Å². The molecule has 0 bridgehead atoms. The van der Waals surface area contributed by atoms with Gasteiger partial charge in [-0.1, -0.05) is 12.2 Å². The first-order chi connectivity index (χ1) is 15.4. The fourth-order valence-corrected chi connectivity index (χ4v) is 4.98. The van der Waals surface area contributed by atoms with E-state index in [4.69, 9.17) is 4.74 Å². The van der Waals surface area contributed by atoms with Crippen LogP contribution < -0.4 is 9.47 Å². The second kappa shape index (κ2) is 11.5. The molecule has 2 fully saturated rings. The molecule has 0 saturated heterocycles. The maximum Gasteiger partial charge on any atom is 0.314 e. The number of ether oxygens (including phenoxy) is 2. The zero-order valence-corrected chi connectivity index (χ0v) is 18.2. The Kier molecular flexibility index (Phi) is 8.76. The third kappa shape index (κ3) is 6.59. The molecule has 3 rings (SSSR count). The summed E-state index contributed by atoms with van der Waals surface area (Å²) in [6.45, 7) is 2.06. The van der Waals surface area contributed by atoms with Gasteiger partial charge in [0.05, 0.1) is 12.2 Å². The van der Waals surface area contributed by atoms with Crippen LogP contribution in [-0.2, 0) is 4.79 Å². The van der Waals surface area contributed by atoms with Crippen molar-refractivity contribution >= 4 is 5.97 Å². The first kappa shape index (κ1) is 24.3. The topological polar surface area (TPSA) is 35.5 Å². The van der Waals surface area contributed by atoms with Crippen LogP contribution in [0.5, 0.6) is 11.5 Å². The molecule has 0 heterocycles. The molecule has 1 aromatic rings. The van der Waals surface area contributed by atoms with Crippen molar-refractivity contribution in [3.63, 3.8) is 0 Å². The largest absolute Gasteiger partial charge is 0.459 e. The zero-order valence-electron chi connectivity index (χ0n) is 18.2. The van der Waals surface area contributed by atoms with E-state index in [0.29, 0.717) is 42.9 Å². The summed E-state index contributed by atoms with van der Waals surface area (Å²) in [5, 5.41) is 0. The average Bonchev–Trinajstić information content (AvgIpc) is 2.76. The Hall–Kier alpha value is -2.31. The van der Waals surface area contributed by atoms with E-state index < -0.39 is 29.8 Å². The van der Waals surface area contributed by atoms with Crippen molar-refractivity contribution in [2.75, 3.05) is 0 Å². The summed E-state index contributed by atoms with van der Waals surface area (Å²) in [5.74, 6) is -2.12. The highest BCUT2D eigenvalue weighted by molar-refractivity contribution is 5.75. The SMILES string of the molecule is C/C=C/C1CCC(C2CCC(C(=O)Oc3cc(F)c(O/C=C/C(F)F)c(F)c3)CC2)CC1. The van der Waals surface area contributed by atoms with Gasteiger partial charge in [0.25, 0.3) is 6.43 Å². The second-order valence-electron chi connectivity index (χ2n) is 8.73. The van der Waals surface area contributed by atoms with Gasteiger partial charge in [-0.2, -0.15) is 0 Å². The predicted molar refractivity (Wildman–Crippen MR) is 113 cm³/mol. The number of alkyl halides is 2. The Morgan fingerprint density at radius 3 is 2.06 bits per heavy atom. The number of halogens is 4. The molecule has 1 aromatic carbocycles. The monoisotopic (exact) mass is 454 g/mol. The van der Waals surface area contributed by atoms with Gasteiger partial charge in [-0.15, -0.1) is 0 Å². The molecule has 0 aromatic heterocycles. The molecular weight excluding hydrogens is 424 g/mol. The highest BCUT2D eigenvalue weighted by atomic mass is 19.3. The lowest BCUT2D eigenvalue weighted by Gasteiger charge is -2.36. The number of esters is 1. The third-order valence-electron chi connectivity index (χ3n) is 6.65. The normalized spacial score (nSPS) is 26.7. The van der Waals surface area contributed by atoms with Crippen molar-refractivity contribution in [1.82, 2.24) is 0 Å². The molecule has 0 N–H and O–H groups in total. The van der Waals surface area contributed by atoms with E-state index in [0.717, 1.165) is 25.0 Å². The molecule has 3 nitrogen and oxygen atoms in total. The molecule has 32 heavy (non-hydrogen) atoms. The molecule has 2 aliphatic rings. The molecular formula is C25H30F4O3. The smallest absolute Gasteiger partial charge is 0.314 e. The van der Waals surface area contributed by atoms with Crippen LogP contribution in [0.1, 0.15) is 58.3 Å². The van der Waals surface area contributed by atoms with Crippen molar-refractivity contribution in [3.8, 4) is 11.5 Å². The first-order valence-electron chi connectivity index (χ1n) is 11.3. The quantitative estimate of drug-likeness (QED) is 0.143. The van der Waals surface area contributed by atoms with Crippen molar-refractivity contribution in [1.29, 1.82) is 0 Å². The highest BCUT2D eigenvalue weighted by Crippen LogP contribution is 2.42. The van der Waals surface area contributed by atoms with Gasteiger partial charge in [0.15, 0.2) is 17.4 Å². The van der Waals surface area contributed by atoms with E-state index in [2.05, 4.69) is 23.8 Å². The van der Waals surface area contributed by atoms with Crippen molar-refractivity contribution in [2.45, 2.75) is 64.7 Å². The minimum absolute atomic E-state index is 0.264. The fourth-order valence-electron chi connectivity index (χ4n) is 4.98. The summed E-state index contributed by atoms with van der Waals surface area (Å²) in [5.41, 5.74) is 0. The Labute approximate surface area is 186 Å². The molecule has 0 unspecified atom stereocenters. The molecule has 0 atom stereocenters. The van der Waals surface area contributed by atoms with E-state index in [9.17, 15) is 22.4 Å². The van der Waals surface area contributed by atoms with Crippen LogP contribution in [-0.4, -0.2) is 12.4 Å². The Bertz CT molecular complexity index is 797.